The molecule has 6 rings (SSSR count). The number of hydrogen-bond acceptors (Lipinski definition) is 0. The first-order chi connectivity index (χ1) is 17.3. The Bertz CT molecular complexity index is 1500. The van der Waals surface area contributed by atoms with Crippen molar-refractivity contribution in [3.05, 3.63) is 118 Å². The van der Waals surface area contributed by atoms with Gasteiger partial charge >= 0.3 is 0 Å². The molecule has 1 saturated carbocycles. The Morgan fingerprint density at radius 2 is 1.39 bits per heavy atom. The molecule has 3 atom stereocenters. The average molecular weight is 510 g/mol. The molecule has 2 aliphatic rings. The van der Waals surface area contributed by atoms with Crippen LogP contribution in [0, 0.1) is 11.8 Å². The van der Waals surface area contributed by atoms with Crippen LogP contribution in [0.5, 0.6) is 0 Å². The summed E-state index contributed by atoms with van der Waals surface area (Å²) >= 11 is 12.8. The summed E-state index contributed by atoms with van der Waals surface area (Å²) in [5, 5.41) is 1.53. The largest absolute Gasteiger partial charge is 0.0998 e. The minimum absolute atomic E-state index is 0.106. The third-order valence-electron chi connectivity index (χ3n) is 8.44. The van der Waals surface area contributed by atoms with Crippen molar-refractivity contribution in [2.45, 2.75) is 38.5 Å². The van der Waals surface area contributed by atoms with Crippen LogP contribution in [0.15, 0.2) is 97.1 Å². The van der Waals surface area contributed by atoms with Crippen LogP contribution in [0.4, 0.5) is 0 Å². The second-order valence-electron chi connectivity index (χ2n) is 10.9. The van der Waals surface area contributed by atoms with E-state index < -0.39 is 0 Å². The van der Waals surface area contributed by atoms with Gasteiger partial charge in [0, 0.05) is 15.5 Å². The molecule has 4 aromatic rings. The number of benzene rings is 4. The Morgan fingerprint density at radius 1 is 0.722 bits per heavy atom. The summed E-state index contributed by atoms with van der Waals surface area (Å²) in [4.78, 5) is 0. The van der Waals surface area contributed by atoms with Crippen LogP contribution in [0.25, 0.3) is 33.4 Å². The molecule has 2 heteroatoms. The zero-order chi connectivity index (χ0) is 25.0. The van der Waals surface area contributed by atoms with E-state index in [1.165, 1.54) is 45.4 Å². The van der Waals surface area contributed by atoms with E-state index in [0.717, 1.165) is 34.0 Å². The van der Waals surface area contributed by atoms with E-state index in [0.29, 0.717) is 11.8 Å². The highest BCUT2D eigenvalue weighted by molar-refractivity contribution is 6.31. The van der Waals surface area contributed by atoms with E-state index in [4.69, 9.17) is 23.2 Å². The number of halogens is 2. The lowest BCUT2D eigenvalue weighted by molar-refractivity contribution is 0.249. The molecule has 3 unspecified atom stereocenters. The van der Waals surface area contributed by atoms with Crippen molar-refractivity contribution in [1.29, 1.82) is 0 Å². The van der Waals surface area contributed by atoms with Crippen molar-refractivity contribution >= 4 is 23.2 Å². The van der Waals surface area contributed by atoms with Crippen LogP contribution >= 0.6 is 23.2 Å². The molecule has 1 fully saturated rings. The van der Waals surface area contributed by atoms with Gasteiger partial charge < -0.3 is 0 Å². The van der Waals surface area contributed by atoms with Gasteiger partial charge in [-0.2, -0.15) is 0 Å². The van der Waals surface area contributed by atoms with E-state index in [-0.39, 0.29) is 5.41 Å². The van der Waals surface area contributed by atoms with Crippen molar-refractivity contribution < 1.29 is 0 Å². The van der Waals surface area contributed by atoms with E-state index in [2.05, 4.69) is 81.1 Å². The molecule has 180 valence electrons. The summed E-state index contributed by atoms with van der Waals surface area (Å²) in [6, 6.07) is 30.2. The Kier molecular flexibility index (Phi) is 5.86. The number of rotatable bonds is 3. The standard InChI is InChI=1S/C34H30Cl2/c1-21-15-22(2)17-26(16-21)34(3)31-12-6-11-29(25-8-5-10-28(36)19-25)33(31)30-14-13-24(20-32(30)34)23-7-4-9-27(35)18-23/h4-14,18-20,22,26H,1,15-17H2,2-3H3. The Labute approximate surface area is 224 Å². The summed E-state index contributed by atoms with van der Waals surface area (Å²) in [7, 11) is 0. The van der Waals surface area contributed by atoms with Crippen molar-refractivity contribution in [3.63, 3.8) is 0 Å². The zero-order valence-corrected chi connectivity index (χ0v) is 22.3. The number of allylic oxidation sites excluding steroid dienone is 1. The third kappa shape index (κ3) is 3.83. The molecule has 0 saturated heterocycles. The molecule has 4 aromatic carbocycles. The second kappa shape index (κ2) is 8.94. The molecule has 0 radical (unpaired) electrons. The minimum Gasteiger partial charge on any atom is -0.0998 e. The van der Waals surface area contributed by atoms with E-state index >= 15 is 0 Å². The average Bonchev–Trinajstić information content (AvgIpc) is 3.12. The lowest BCUT2D eigenvalue weighted by Gasteiger charge is -2.41. The Hall–Kier alpha value is -2.80. The topological polar surface area (TPSA) is 0 Å². The van der Waals surface area contributed by atoms with Gasteiger partial charge in [0.05, 0.1) is 0 Å². The first kappa shape index (κ1) is 23.6. The molecule has 0 amide bonds. The molecule has 0 nitrogen and oxygen atoms in total. The molecule has 2 aliphatic carbocycles. The predicted molar refractivity (Wildman–Crippen MR) is 155 cm³/mol. The number of hydrogen-bond donors (Lipinski definition) is 0. The third-order valence-corrected chi connectivity index (χ3v) is 8.91. The lowest BCUT2D eigenvalue weighted by atomic mass is 9.62. The van der Waals surface area contributed by atoms with Gasteiger partial charge in [0.2, 0.25) is 0 Å². The van der Waals surface area contributed by atoms with Gasteiger partial charge in [-0.1, -0.05) is 104 Å². The van der Waals surface area contributed by atoms with Crippen LogP contribution < -0.4 is 0 Å². The van der Waals surface area contributed by atoms with Crippen LogP contribution in [0.1, 0.15) is 44.2 Å². The van der Waals surface area contributed by atoms with Gasteiger partial charge in [0.25, 0.3) is 0 Å². The van der Waals surface area contributed by atoms with Gasteiger partial charge in [-0.15, -0.1) is 0 Å². The molecular weight excluding hydrogens is 479 g/mol. The maximum absolute atomic E-state index is 6.44. The van der Waals surface area contributed by atoms with Crippen molar-refractivity contribution in [1.82, 2.24) is 0 Å². The van der Waals surface area contributed by atoms with Crippen molar-refractivity contribution in [2.24, 2.45) is 11.8 Å². The van der Waals surface area contributed by atoms with Crippen LogP contribution in [-0.4, -0.2) is 0 Å². The summed E-state index contributed by atoms with van der Waals surface area (Å²) in [5.41, 5.74) is 11.6. The SMILES string of the molecule is C=C1CC(C)CC(C2(C)c3cc(-c4cccc(Cl)c4)ccc3-c3c(-c4cccc(Cl)c4)cccc32)C1. The highest BCUT2D eigenvalue weighted by atomic mass is 35.5. The zero-order valence-electron chi connectivity index (χ0n) is 20.8. The molecule has 0 N–H and O–H groups in total. The Balaban J connectivity index is 1.61. The van der Waals surface area contributed by atoms with E-state index in [1.807, 2.05) is 24.3 Å². The Morgan fingerprint density at radius 3 is 2.11 bits per heavy atom. The fourth-order valence-electron chi connectivity index (χ4n) is 6.81. The molecule has 0 aliphatic heterocycles. The van der Waals surface area contributed by atoms with Gasteiger partial charge in [0.1, 0.15) is 0 Å². The van der Waals surface area contributed by atoms with E-state index in [1.54, 1.807) is 0 Å². The van der Waals surface area contributed by atoms with Gasteiger partial charge in [0.15, 0.2) is 0 Å². The maximum atomic E-state index is 6.44. The predicted octanol–water partition coefficient (Wildman–Crippen LogP) is 10.6. The summed E-state index contributed by atoms with van der Waals surface area (Å²) < 4.78 is 0. The quantitative estimate of drug-likeness (QED) is 0.241. The molecule has 0 spiro atoms. The molecular formula is C34H30Cl2. The number of fused-ring (bicyclic) bond motifs is 3. The molecule has 0 bridgehead atoms. The highest BCUT2D eigenvalue weighted by Gasteiger charge is 2.47. The van der Waals surface area contributed by atoms with Gasteiger partial charge in [-0.3, -0.25) is 0 Å². The fraction of sp³-hybridized carbons (Fsp3) is 0.235. The summed E-state index contributed by atoms with van der Waals surface area (Å²) in [6.45, 7) is 9.30. The fourth-order valence-corrected chi connectivity index (χ4v) is 7.19. The first-order valence-corrected chi connectivity index (χ1v) is 13.6. The highest BCUT2D eigenvalue weighted by Crippen LogP contribution is 2.59. The summed E-state index contributed by atoms with van der Waals surface area (Å²) in [5.74, 6) is 1.14. The minimum atomic E-state index is -0.106. The summed E-state index contributed by atoms with van der Waals surface area (Å²) in [6.07, 6.45) is 3.41. The molecule has 0 aromatic heterocycles. The first-order valence-electron chi connectivity index (χ1n) is 12.8. The molecule has 36 heavy (non-hydrogen) atoms. The van der Waals surface area contributed by atoms with Gasteiger partial charge in [-0.25, -0.2) is 0 Å². The van der Waals surface area contributed by atoms with Crippen LogP contribution in [-0.2, 0) is 5.41 Å². The normalized spacial score (nSPS) is 22.8. The van der Waals surface area contributed by atoms with Crippen LogP contribution in [0.2, 0.25) is 10.0 Å². The smallest absolute Gasteiger partial charge is 0.0412 e. The van der Waals surface area contributed by atoms with Crippen LogP contribution in [0.3, 0.4) is 0 Å². The molecule has 0 heterocycles. The lowest BCUT2D eigenvalue weighted by Crippen LogP contribution is -2.35. The second-order valence-corrected chi connectivity index (χ2v) is 11.8. The van der Waals surface area contributed by atoms with Crippen molar-refractivity contribution in [2.75, 3.05) is 0 Å². The maximum Gasteiger partial charge on any atom is 0.0412 e. The van der Waals surface area contributed by atoms with E-state index in [9.17, 15) is 0 Å². The van der Waals surface area contributed by atoms with Gasteiger partial charge in [-0.05, 0) is 106 Å². The van der Waals surface area contributed by atoms with Crippen molar-refractivity contribution in [3.8, 4) is 33.4 Å². The monoisotopic (exact) mass is 508 g/mol.